The van der Waals surface area contributed by atoms with Crippen molar-refractivity contribution in [2.75, 3.05) is 4.90 Å². The summed E-state index contributed by atoms with van der Waals surface area (Å²) in [4.78, 5) is 35.3. The predicted octanol–water partition coefficient (Wildman–Crippen LogP) is 3.20. The Bertz CT molecular complexity index is 1130. The third kappa shape index (κ3) is 2.05. The largest absolute Gasteiger partial charge is 0.291 e. The van der Waals surface area contributed by atoms with E-state index < -0.39 is 0 Å². The number of fused-ring (bicyclic) bond motifs is 2. The van der Waals surface area contributed by atoms with Crippen LogP contribution in [0.2, 0.25) is 0 Å². The summed E-state index contributed by atoms with van der Waals surface area (Å²) in [7, 11) is 0. The van der Waals surface area contributed by atoms with Gasteiger partial charge in [-0.25, -0.2) is 14.9 Å². The first-order valence-corrected chi connectivity index (χ1v) is 8.10. The molecule has 2 aromatic heterocycles. The van der Waals surface area contributed by atoms with Gasteiger partial charge in [-0.05, 0) is 30.3 Å². The van der Waals surface area contributed by atoms with Gasteiger partial charge in [0.2, 0.25) is 5.78 Å². The minimum absolute atomic E-state index is 0.306. The molecule has 4 aromatic rings. The van der Waals surface area contributed by atoms with E-state index in [2.05, 4.69) is 9.97 Å². The number of aromatic nitrogens is 3. The highest BCUT2D eigenvalue weighted by Crippen LogP contribution is 2.31. The molecule has 0 N–H and O–H groups in total. The van der Waals surface area contributed by atoms with Crippen LogP contribution in [0.4, 0.5) is 5.69 Å². The first-order valence-electron chi connectivity index (χ1n) is 8.10. The van der Waals surface area contributed by atoms with Gasteiger partial charge in [0.1, 0.15) is 0 Å². The van der Waals surface area contributed by atoms with Gasteiger partial charge in [0.05, 0.1) is 22.5 Å². The average Bonchev–Trinajstić information content (AvgIpc) is 3.22. The number of rotatable bonds is 2. The van der Waals surface area contributed by atoms with Crippen LogP contribution >= 0.6 is 0 Å². The Morgan fingerprint density at radius 2 is 1.62 bits per heavy atom. The Labute approximate surface area is 148 Å². The van der Waals surface area contributed by atoms with E-state index in [1.807, 2.05) is 35.0 Å². The van der Waals surface area contributed by atoms with Gasteiger partial charge in [0.25, 0.3) is 11.8 Å². The molecule has 3 heterocycles. The summed E-state index contributed by atoms with van der Waals surface area (Å²) in [5.74, 6) is -0.0209. The molecular formula is C20H12N4O2. The summed E-state index contributed by atoms with van der Waals surface area (Å²) < 4.78 is 1.82. The van der Waals surface area contributed by atoms with Crippen molar-refractivity contribution in [2.24, 2.45) is 0 Å². The lowest BCUT2D eigenvalue weighted by Crippen LogP contribution is -2.29. The molecule has 2 aromatic carbocycles. The monoisotopic (exact) mass is 340 g/mol. The van der Waals surface area contributed by atoms with Gasteiger partial charge in [-0.15, -0.1) is 0 Å². The Morgan fingerprint density at radius 3 is 2.35 bits per heavy atom. The van der Waals surface area contributed by atoms with E-state index in [9.17, 15) is 9.59 Å². The van der Waals surface area contributed by atoms with Gasteiger partial charge in [-0.1, -0.05) is 24.3 Å². The standard InChI is InChI=1S/C20H12N4O2/c25-18-15-7-1-2-8-16(15)19(26)24(18)14-6-3-5-13(11-14)17-12-23-10-4-9-21-20(23)22-17/h1-12H. The lowest BCUT2D eigenvalue weighted by Gasteiger charge is -2.14. The van der Waals surface area contributed by atoms with Gasteiger partial charge < -0.3 is 0 Å². The molecule has 2 amide bonds. The molecule has 1 aliphatic heterocycles. The second-order valence-corrected chi connectivity index (χ2v) is 5.99. The van der Waals surface area contributed by atoms with Crippen molar-refractivity contribution < 1.29 is 9.59 Å². The van der Waals surface area contributed by atoms with Crippen molar-refractivity contribution in [1.82, 2.24) is 14.4 Å². The number of carbonyl (C=O) groups is 2. The van der Waals surface area contributed by atoms with Crippen molar-refractivity contribution in [3.63, 3.8) is 0 Å². The molecule has 0 aliphatic carbocycles. The van der Waals surface area contributed by atoms with E-state index in [-0.39, 0.29) is 11.8 Å². The SMILES string of the molecule is O=C1c2ccccc2C(=O)N1c1cccc(-c2cn3cccnc3n2)c1. The molecule has 0 bridgehead atoms. The van der Waals surface area contributed by atoms with Crippen molar-refractivity contribution >= 4 is 23.3 Å². The Balaban J connectivity index is 1.59. The number of imide groups is 1. The first kappa shape index (κ1) is 14.5. The van der Waals surface area contributed by atoms with Crippen LogP contribution in [0.15, 0.2) is 73.2 Å². The van der Waals surface area contributed by atoms with Crippen molar-refractivity contribution in [3.05, 3.63) is 84.3 Å². The molecule has 0 radical (unpaired) electrons. The molecule has 0 unspecified atom stereocenters. The van der Waals surface area contributed by atoms with E-state index in [4.69, 9.17) is 0 Å². The van der Waals surface area contributed by atoms with E-state index in [0.717, 1.165) is 11.3 Å². The maximum atomic E-state index is 12.7. The summed E-state index contributed by atoms with van der Waals surface area (Å²) >= 11 is 0. The third-order valence-electron chi connectivity index (χ3n) is 4.43. The first-order chi connectivity index (χ1) is 12.7. The predicted molar refractivity (Wildman–Crippen MR) is 96.0 cm³/mol. The number of nitrogens with zero attached hydrogens (tertiary/aromatic N) is 4. The summed E-state index contributed by atoms with van der Waals surface area (Å²) in [6.45, 7) is 0. The summed E-state index contributed by atoms with van der Waals surface area (Å²) in [6, 6.07) is 15.9. The maximum absolute atomic E-state index is 12.7. The van der Waals surface area contributed by atoms with Crippen LogP contribution in [-0.2, 0) is 0 Å². The third-order valence-corrected chi connectivity index (χ3v) is 4.43. The topological polar surface area (TPSA) is 67.6 Å². The van der Waals surface area contributed by atoms with Crippen LogP contribution in [0.3, 0.4) is 0 Å². The number of carbonyl (C=O) groups excluding carboxylic acids is 2. The zero-order valence-corrected chi connectivity index (χ0v) is 13.5. The van der Waals surface area contributed by atoms with Crippen LogP contribution in [0, 0.1) is 0 Å². The molecule has 1 aliphatic rings. The second kappa shape index (κ2) is 5.35. The summed E-state index contributed by atoms with van der Waals surface area (Å²) in [5, 5.41) is 0. The number of hydrogen-bond donors (Lipinski definition) is 0. The molecule has 6 nitrogen and oxygen atoms in total. The number of imidazole rings is 1. The molecule has 124 valence electrons. The normalized spacial score (nSPS) is 13.5. The van der Waals surface area contributed by atoms with Gasteiger partial charge in [-0.2, -0.15) is 0 Å². The lowest BCUT2D eigenvalue weighted by atomic mass is 10.1. The van der Waals surface area contributed by atoms with Gasteiger partial charge >= 0.3 is 0 Å². The molecule has 0 fully saturated rings. The van der Waals surface area contributed by atoms with E-state index in [1.165, 1.54) is 4.90 Å². The van der Waals surface area contributed by atoms with Crippen molar-refractivity contribution in [1.29, 1.82) is 0 Å². The molecule has 5 rings (SSSR count). The maximum Gasteiger partial charge on any atom is 0.266 e. The molecule has 0 atom stereocenters. The number of amides is 2. The molecule has 0 saturated carbocycles. The Hall–Kier alpha value is -3.80. The number of hydrogen-bond acceptors (Lipinski definition) is 4. The highest BCUT2D eigenvalue weighted by molar-refractivity contribution is 6.34. The second-order valence-electron chi connectivity index (χ2n) is 5.99. The van der Waals surface area contributed by atoms with Crippen molar-refractivity contribution in [3.8, 4) is 11.3 Å². The lowest BCUT2D eigenvalue weighted by molar-refractivity contribution is 0.0926. The van der Waals surface area contributed by atoms with Crippen LogP contribution < -0.4 is 4.90 Å². The van der Waals surface area contributed by atoms with E-state index >= 15 is 0 Å². The van der Waals surface area contributed by atoms with Gasteiger partial charge in [0, 0.05) is 24.2 Å². The number of benzene rings is 2. The van der Waals surface area contributed by atoms with Crippen LogP contribution in [0.5, 0.6) is 0 Å². The summed E-state index contributed by atoms with van der Waals surface area (Å²) in [6.07, 6.45) is 5.41. The molecule has 6 heteroatoms. The average molecular weight is 340 g/mol. The fraction of sp³-hybridized carbons (Fsp3) is 0. The Kier molecular flexibility index (Phi) is 2.99. The van der Waals surface area contributed by atoms with Gasteiger partial charge in [0.15, 0.2) is 0 Å². The van der Waals surface area contributed by atoms with Crippen LogP contribution in [-0.4, -0.2) is 26.2 Å². The smallest absolute Gasteiger partial charge is 0.266 e. The Morgan fingerprint density at radius 1 is 0.846 bits per heavy atom. The minimum atomic E-state index is -0.306. The molecule has 0 saturated heterocycles. The highest BCUT2D eigenvalue weighted by atomic mass is 16.2. The van der Waals surface area contributed by atoms with Crippen LogP contribution in [0.1, 0.15) is 20.7 Å². The quantitative estimate of drug-likeness (QED) is 0.526. The van der Waals surface area contributed by atoms with E-state index in [1.54, 1.807) is 42.6 Å². The summed E-state index contributed by atoms with van der Waals surface area (Å²) in [5.41, 5.74) is 2.92. The number of anilines is 1. The van der Waals surface area contributed by atoms with Gasteiger partial charge in [-0.3, -0.25) is 14.0 Å². The zero-order chi connectivity index (χ0) is 17.7. The molecule has 26 heavy (non-hydrogen) atoms. The molecular weight excluding hydrogens is 328 g/mol. The zero-order valence-electron chi connectivity index (χ0n) is 13.5. The fourth-order valence-corrected chi connectivity index (χ4v) is 3.20. The van der Waals surface area contributed by atoms with E-state index in [0.29, 0.717) is 22.6 Å². The minimum Gasteiger partial charge on any atom is -0.291 e. The highest BCUT2D eigenvalue weighted by Gasteiger charge is 2.36. The van der Waals surface area contributed by atoms with Crippen LogP contribution in [0.25, 0.3) is 17.0 Å². The van der Waals surface area contributed by atoms with Crippen molar-refractivity contribution in [2.45, 2.75) is 0 Å². The fourth-order valence-electron chi connectivity index (χ4n) is 3.20. The molecule has 0 spiro atoms.